The number of halogens is 2. The predicted octanol–water partition coefficient (Wildman–Crippen LogP) is 3.96. The maximum atomic E-state index is 13.2. The lowest BCUT2D eigenvalue weighted by atomic mass is 9.80. The summed E-state index contributed by atoms with van der Waals surface area (Å²) < 4.78 is 26.3. The summed E-state index contributed by atoms with van der Waals surface area (Å²) in [6.07, 6.45) is 0.209. The highest BCUT2D eigenvalue weighted by atomic mass is 19.3. The summed E-state index contributed by atoms with van der Waals surface area (Å²) in [7, 11) is 0. The third kappa shape index (κ3) is 2.41. The van der Waals surface area contributed by atoms with Gasteiger partial charge in [0.1, 0.15) is 0 Å². The van der Waals surface area contributed by atoms with Gasteiger partial charge in [0, 0.05) is 12.8 Å². The molecule has 0 amide bonds. The summed E-state index contributed by atoms with van der Waals surface area (Å²) >= 11 is 0. The molecule has 1 aliphatic carbocycles. The standard InChI is InChI=1S/C11H20F2/c1-7(2)9-5-11(12,13)6-10(9)8(3)4/h7-10H,5-6H2,1-4H3. The predicted molar refractivity (Wildman–Crippen MR) is 50.8 cm³/mol. The van der Waals surface area contributed by atoms with E-state index in [1.54, 1.807) is 0 Å². The van der Waals surface area contributed by atoms with Crippen molar-refractivity contribution < 1.29 is 8.78 Å². The molecule has 0 bridgehead atoms. The second-order valence-corrected chi connectivity index (χ2v) is 5.08. The normalized spacial score (nSPS) is 33.2. The van der Waals surface area contributed by atoms with E-state index in [0.29, 0.717) is 11.8 Å². The number of rotatable bonds is 2. The molecule has 1 rings (SSSR count). The second-order valence-electron chi connectivity index (χ2n) is 5.08. The van der Waals surface area contributed by atoms with Gasteiger partial charge in [-0.3, -0.25) is 0 Å². The van der Waals surface area contributed by atoms with E-state index in [1.807, 2.05) is 0 Å². The van der Waals surface area contributed by atoms with Gasteiger partial charge in [0.05, 0.1) is 0 Å². The maximum Gasteiger partial charge on any atom is 0.248 e. The average Bonchev–Trinajstić information content (AvgIpc) is 2.26. The van der Waals surface area contributed by atoms with E-state index < -0.39 is 5.92 Å². The number of hydrogen-bond acceptors (Lipinski definition) is 0. The van der Waals surface area contributed by atoms with Gasteiger partial charge in [0.2, 0.25) is 5.92 Å². The van der Waals surface area contributed by atoms with Crippen LogP contribution in [0.1, 0.15) is 40.5 Å². The quantitative estimate of drug-likeness (QED) is 0.618. The molecule has 0 aromatic carbocycles. The zero-order valence-corrected chi connectivity index (χ0v) is 8.98. The van der Waals surface area contributed by atoms with Crippen LogP contribution in [0, 0.1) is 23.7 Å². The molecule has 0 radical (unpaired) electrons. The molecule has 2 atom stereocenters. The van der Waals surface area contributed by atoms with Gasteiger partial charge in [-0.25, -0.2) is 8.78 Å². The van der Waals surface area contributed by atoms with Gasteiger partial charge in [-0.15, -0.1) is 0 Å². The van der Waals surface area contributed by atoms with Gasteiger partial charge in [0.25, 0.3) is 0 Å². The van der Waals surface area contributed by atoms with Crippen LogP contribution in [0.15, 0.2) is 0 Å². The van der Waals surface area contributed by atoms with Gasteiger partial charge in [-0.2, -0.15) is 0 Å². The second kappa shape index (κ2) is 3.55. The Morgan fingerprint density at radius 1 is 0.923 bits per heavy atom. The Morgan fingerprint density at radius 3 is 1.46 bits per heavy atom. The Bertz CT molecular complexity index is 155. The van der Waals surface area contributed by atoms with Crippen LogP contribution in [0.3, 0.4) is 0 Å². The van der Waals surface area contributed by atoms with Crippen LogP contribution in [0.25, 0.3) is 0 Å². The van der Waals surface area contributed by atoms with Crippen LogP contribution >= 0.6 is 0 Å². The SMILES string of the molecule is CC(C)C1CC(F)(F)CC1C(C)C. The van der Waals surface area contributed by atoms with E-state index in [4.69, 9.17) is 0 Å². The minimum Gasteiger partial charge on any atom is -0.207 e. The first kappa shape index (κ1) is 10.9. The summed E-state index contributed by atoms with van der Waals surface area (Å²) in [5, 5.41) is 0. The van der Waals surface area contributed by atoms with Crippen LogP contribution in [0.5, 0.6) is 0 Å². The smallest absolute Gasteiger partial charge is 0.207 e. The summed E-state index contributed by atoms with van der Waals surface area (Å²) in [4.78, 5) is 0. The third-order valence-electron chi connectivity index (χ3n) is 3.33. The Labute approximate surface area is 79.7 Å². The van der Waals surface area contributed by atoms with E-state index in [0.717, 1.165) is 0 Å². The lowest BCUT2D eigenvalue weighted by Gasteiger charge is -2.25. The molecule has 1 fully saturated rings. The van der Waals surface area contributed by atoms with Crippen molar-refractivity contribution in [3.8, 4) is 0 Å². The molecule has 1 saturated carbocycles. The van der Waals surface area contributed by atoms with Crippen molar-refractivity contribution in [3.63, 3.8) is 0 Å². The van der Waals surface area contributed by atoms with Crippen molar-refractivity contribution in [1.82, 2.24) is 0 Å². The van der Waals surface area contributed by atoms with E-state index in [9.17, 15) is 8.78 Å². The Balaban J connectivity index is 2.71. The van der Waals surface area contributed by atoms with Crippen molar-refractivity contribution in [2.45, 2.75) is 46.5 Å². The maximum absolute atomic E-state index is 13.2. The monoisotopic (exact) mass is 190 g/mol. The molecule has 2 heteroatoms. The van der Waals surface area contributed by atoms with Crippen LogP contribution in [0.4, 0.5) is 8.78 Å². The Kier molecular flexibility index (Phi) is 2.98. The molecule has 0 aliphatic heterocycles. The van der Waals surface area contributed by atoms with E-state index >= 15 is 0 Å². The average molecular weight is 190 g/mol. The molecule has 0 N–H and O–H groups in total. The summed E-state index contributed by atoms with van der Waals surface area (Å²) in [5.41, 5.74) is 0. The summed E-state index contributed by atoms with van der Waals surface area (Å²) in [6, 6.07) is 0. The van der Waals surface area contributed by atoms with Crippen molar-refractivity contribution in [3.05, 3.63) is 0 Å². The first-order chi connectivity index (χ1) is 5.83. The molecular weight excluding hydrogens is 170 g/mol. The van der Waals surface area contributed by atoms with Gasteiger partial charge in [-0.1, -0.05) is 27.7 Å². The molecule has 0 saturated heterocycles. The molecule has 0 nitrogen and oxygen atoms in total. The largest absolute Gasteiger partial charge is 0.248 e. The molecule has 78 valence electrons. The Morgan fingerprint density at radius 2 is 1.23 bits per heavy atom. The van der Waals surface area contributed by atoms with Crippen molar-refractivity contribution in [1.29, 1.82) is 0 Å². The molecule has 2 unspecified atom stereocenters. The minimum atomic E-state index is -2.40. The number of alkyl halides is 2. The summed E-state index contributed by atoms with van der Waals surface area (Å²) in [5.74, 6) is -1.18. The van der Waals surface area contributed by atoms with Gasteiger partial charge in [0.15, 0.2) is 0 Å². The number of hydrogen-bond donors (Lipinski definition) is 0. The van der Waals surface area contributed by atoms with Crippen LogP contribution in [-0.4, -0.2) is 5.92 Å². The Hall–Kier alpha value is -0.140. The first-order valence-corrected chi connectivity index (χ1v) is 5.21. The highest BCUT2D eigenvalue weighted by molar-refractivity contribution is 4.90. The van der Waals surface area contributed by atoms with Crippen molar-refractivity contribution in [2.24, 2.45) is 23.7 Å². The zero-order chi connectivity index (χ0) is 10.2. The van der Waals surface area contributed by atoms with E-state index in [-0.39, 0.29) is 24.7 Å². The summed E-state index contributed by atoms with van der Waals surface area (Å²) in [6.45, 7) is 8.23. The molecular formula is C11H20F2. The van der Waals surface area contributed by atoms with Gasteiger partial charge < -0.3 is 0 Å². The third-order valence-corrected chi connectivity index (χ3v) is 3.33. The van der Waals surface area contributed by atoms with Crippen molar-refractivity contribution in [2.75, 3.05) is 0 Å². The lowest BCUT2D eigenvalue weighted by molar-refractivity contribution is -0.0000538. The van der Waals surface area contributed by atoms with E-state index in [1.165, 1.54) is 0 Å². The fourth-order valence-electron chi connectivity index (χ4n) is 2.54. The fourth-order valence-corrected chi connectivity index (χ4v) is 2.54. The fraction of sp³-hybridized carbons (Fsp3) is 1.00. The highest BCUT2D eigenvalue weighted by Gasteiger charge is 2.47. The molecule has 0 spiro atoms. The van der Waals surface area contributed by atoms with Gasteiger partial charge in [-0.05, 0) is 23.7 Å². The van der Waals surface area contributed by atoms with Crippen LogP contribution in [-0.2, 0) is 0 Å². The molecule has 0 aromatic heterocycles. The first-order valence-electron chi connectivity index (χ1n) is 5.21. The molecule has 0 aromatic rings. The topological polar surface area (TPSA) is 0 Å². The van der Waals surface area contributed by atoms with Gasteiger partial charge >= 0.3 is 0 Å². The van der Waals surface area contributed by atoms with Crippen molar-refractivity contribution >= 4 is 0 Å². The molecule has 0 heterocycles. The molecule has 1 aliphatic rings. The highest BCUT2D eigenvalue weighted by Crippen LogP contribution is 2.48. The molecule has 13 heavy (non-hydrogen) atoms. The zero-order valence-electron chi connectivity index (χ0n) is 8.98. The lowest BCUT2D eigenvalue weighted by Crippen LogP contribution is -2.18. The van der Waals surface area contributed by atoms with Crippen LogP contribution in [0.2, 0.25) is 0 Å². The van der Waals surface area contributed by atoms with E-state index in [2.05, 4.69) is 27.7 Å². The minimum absolute atomic E-state index is 0.105. The van der Waals surface area contributed by atoms with Crippen LogP contribution < -0.4 is 0 Å².